The van der Waals surface area contributed by atoms with E-state index in [1.807, 2.05) is 4.90 Å². The van der Waals surface area contributed by atoms with E-state index in [1.54, 1.807) is 25.1 Å². The Morgan fingerprint density at radius 1 is 1.10 bits per heavy atom. The van der Waals surface area contributed by atoms with Gasteiger partial charge in [-0.1, -0.05) is 19.9 Å². The van der Waals surface area contributed by atoms with E-state index in [0.29, 0.717) is 41.7 Å². The van der Waals surface area contributed by atoms with Crippen molar-refractivity contribution >= 4 is 23.2 Å². The number of carbonyl (C=O) groups is 2. The number of halogens is 1. The molecule has 2 aromatic carbocycles. The topological polar surface area (TPSA) is 92.6 Å². The second kappa shape index (κ2) is 8.83. The molecule has 0 saturated carbocycles. The van der Waals surface area contributed by atoms with E-state index in [0.717, 1.165) is 18.6 Å². The number of nitrogens with one attached hydrogen (secondary N) is 1. The highest BCUT2D eigenvalue weighted by molar-refractivity contribution is 6.06. The molecule has 31 heavy (non-hydrogen) atoms. The normalized spacial score (nSPS) is 18.5. The van der Waals surface area contributed by atoms with Crippen LogP contribution in [0.15, 0.2) is 30.3 Å². The summed E-state index contributed by atoms with van der Waals surface area (Å²) in [6, 6.07) is 7.07. The lowest BCUT2D eigenvalue weighted by Crippen LogP contribution is -2.42. The van der Waals surface area contributed by atoms with Crippen molar-refractivity contribution in [2.75, 3.05) is 18.4 Å². The average Bonchev–Trinajstić information content (AvgIpc) is 2.69. The van der Waals surface area contributed by atoms with Gasteiger partial charge in [0.15, 0.2) is 0 Å². The summed E-state index contributed by atoms with van der Waals surface area (Å²) in [6.07, 6.45) is 1.08. The molecule has 1 aliphatic rings. The fourth-order valence-electron chi connectivity index (χ4n) is 4.08. The number of piperidine rings is 1. The summed E-state index contributed by atoms with van der Waals surface area (Å²) in [5.74, 6) is -0.775. The summed E-state index contributed by atoms with van der Waals surface area (Å²) in [5.41, 5.74) is 0.812. The molecule has 2 amide bonds. The van der Waals surface area contributed by atoms with Crippen LogP contribution in [-0.2, 0) is 0 Å². The number of nitro benzene ring substituents is 1. The maximum Gasteiger partial charge on any atom is 0.276 e. The molecule has 1 heterocycles. The number of nitrogens with zero attached hydrogens (tertiary/aromatic N) is 2. The van der Waals surface area contributed by atoms with E-state index in [-0.39, 0.29) is 17.0 Å². The summed E-state index contributed by atoms with van der Waals surface area (Å²) >= 11 is 0. The van der Waals surface area contributed by atoms with E-state index < -0.39 is 22.3 Å². The number of amides is 2. The minimum Gasteiger partial charge on any atom is -0.338 e. The molecule has 2 atom stereocenters. The fraction of sp³-hybridized carbons (Fsp3) is 0.391. The highest BCUT2D eigenvalue weighted by Crippen LogP contribution is 2.26. The van der Waals surface area contributed by atoms with Gasteiger partial charge in [-0.2, -0.15) is 0 Å². The highest BCUT2D eigenvalue weighted by Gasteiger charge is 2.26. The van der Waals surface area contributed by atoms with Gasteiger partial charge in [0.05, 0.1) is 10.5 Å². The number of benzene rings is 2. The van der Waals surface area contributed by atoms with Crippen LogP contribution in [-0.4, -0.2) is 34.7 Å². The first kappa shape index (κ1) is 22.4. The van der Waals surface area contributed by atoms with Crippen LogP contribution in [0.5, 0.6) is 0 Å². The van der Waals surface area contributed by atoms with Gasteiger partial charge in [0, 0.05) is 36.0 Å². The molecule has 164 valence electrons. The maximum absolute atomic E-state index is 14.1. The lowest BCUT2D eigenvalue weighted by atomic mass is 9.91. The van der Waals surface area contributed by atoms with Gasteiger partial charge >= 0.3 is 0 Å². The predicted octanol–water partition coefficient (Wildman–Crippen LogP) is 4.72. The van der Waals surface area contributed by atoms with Gasteiger partial charge in [0.25, 0.3) is 17.5 Å². The van der Waals surface area contributed by atoms with E-state index in [1.165, 1.54) is 6.92 Å². The lowest BCUT2D eigenvalue weighted by Gasteiger charge is -2.35. The van der Waals surface area contributed by atoms with Gasteiger partial charge in [0.2, 0.25) is 0 Å². The Bertz CT molecular complexity index is 1040. The molecule has 2 unspecified atom stereocenters. The van der Waals surface area contributed by atoms with Gasteiger partial charge in [-0.3, -0.25) is 19.7 Å². The van der Waals surface area contributed by atoms with E-state index in [9.17, 15) is 24.1 Å². The molecule has 1 aliphatic heterocycles. The molecule has 0 spiro atoms. The minimum absolute atomic E-state index is 0.106. The Hall–Kier alpha value is -3.29. The van der Waals surface area contributed by atoms with E-state index in [2.05, 4.69) is 19.2 Å². The number of hydrogen-bond acceptors (Lipinski definition) is 4. The number of anilines is 1. The van der Waals surface area contributed by atoms with Crippen LogP contribution < -0.4 is 5.32 Å². The van der Waals surface area contributed by atoms with Crippen LogP contribution in [0.4, 0.5) is 15.8 Å². The van der Waals surface area contributed by atoms with Crippen molar-refractivity contribution in [3.63, 3.8) is 0 Å². The molecule has 2 aromatic rings. The van der Waals surface area contributed by atoms with Crippen molar-refractivity contribution in [1.29, 1.82) is 0 Å². The number of hydrogen-bond donors (Lipinski definition) is 1. The number of aryl methyl sites for hydroxylation is 1. The van der Waals surface area contributed by atoms with Crippen LogP contribution in [0.2, 0.25) is 0 Å². The second-order valence-corrected chi connectivity index (χ2v) is 8.50. The molecular weight excluding hydrogens is 401 g/mol. The van der Waals surface area contributed by atoms with Crippen LogP contribution in [0.3, 0.4) is 0 Å². The van der Waals surface area contributed by atoms with Gasteiger partial charge in [0.1, 0.15) is 5.82 Å². The molecule has 1 saturated heterocycles. The number of rotatable bonds is 4. The molecular formula is C23H26FN3O4. The third-order valence-electron chi connectivity index (χ3n) is 5.66. The summed E-state index contributed by atoms with van der Waals surface area (Å²) < 4.78 is 14.1. The van der Waals surface area contributed by atoms with Crippen LogP contribution >= 0.6 is 0 Å². The second-order valence-electron chi connectivity index (χ2n) is 8.50. The molecule has 0 radical (unpaired) electrons. The Balaban J connectivity index is 1.85. The van der Waals surface area contributed by atoms with Gasteiger partial charge in [-0.15, -0.1) is 0 Å². The zero-order valence-corrected chi connectivity index (χ0v) is 18.1. The molecule has 0 aliphatic carbocycles. The Morgan fingerprint density at radius 3 is 2.35 bits per heavy atom. The van der Waals surface area contributed by atoms with E-state index in [4.69, 9.17) is 0 Å². The molecule has 8 heteroatoms. The van der Waals surface area contributed by atoms with Crippen molar-refractivity contribution in [2.45, 2.75) is 34.1 Å². The number of likely N-dealkylation sites (tertiary alicyclic amines) is 1. The van der Waals surface area contributed by atoms with Crippen LogP contribution in [0, 0.1) is 41.6 Å². The van der Waals surface area contributed by atoms with Crippen molar-refractivity contribution in [1.82, 2.24) is 4.90 Å². The van der Waals surface area contributed by atoms with Crippen LogP contribution in [0.1, 0.15) is 52.1 Å². The van der Waals surface area contributed by atoms with Crippen LogP contribution in [0.25, 0.3) is 0 Å². The number of nitro groups is 1. The largest absolute Gasteiger partial charge is 0.338 e. The summed E-state index contributed by atoms with van der Waals surface area (Å²) in [5, 5.41) is 13.8. The number of carbonyl (C=O) groups excluding carboxylic acids is 2. The molecule has 1 N–H and O–H groups in total. The van der Waals surface area contributed by atoms with Crippen molar-refractivity contribution in [3.05, 3.63) is 68.5 Å². The molecule has 3 rings (SSSR count). The average molecular weight is 427 g/mol. The molecule has 1 fully saturated rings. The first-order chi connectivity index (χ1) is 14.6. The van der Waals surface area contributed by atoms with Gasteiger partial charge in [-0.25, -0.2) is 4.39 Å². The predicted molar refractivity (Wildman–Crippen MR) is 116 cm³/mol. The van der Waals surface area contributed by atoms with Crippen molar-refractivity contribution in [2.24, 2.45) is 11.8 Å². The third kappa shape index (κ3) is 4.90. The van der Waals surface area contributed by atoms with Crippen molar-refractivity contribution < 1.29 is 18.9 Å². The SMILES string of the molecule is Cc1ccc(C(=O)N2CC(C)CC(C)C2)cc1NC(=O)c1cc(F)c(C)c([N+](=O)[O-])c1. The maximum atomic E-state index is 14.1. The smallest absolute Gasteiger partial charge is 0.276 e. The third-order valence-corrected chi connectivity index (χ3v) is 5.66. The first-order valence-electron chi connectivity index (χ1n) is 10.2. The van der Waals surface area contributed by atoms with Crippen molar-refractivity contribution in [3.8, 4) is 0 Å². The molecule has 0 bridgehead atoms. The highest BCUT2D eigenvalue weighted by atomic mass is 19.1. The Kier molecular flexibility index (Phi) is 6.38. The Labute approximate surface area is 180 Å². The lowest BCUT2D eigenvalue weighted by molar-refractivity contribution is -0.385. The van der Waals surface area contributed by atoms with Gasteiger partial charge < -0.3 is 10.2 Å². The summed E-state index contributed by atoms with van der Waals surface area (Å²) in [6.45, 7) is 8.67. The van der Waals surface area contributed by atoms with Gasteiger partial charge in [-0.05, 0) is 55.9 Å². The zero-order chi connectivity index (χ0) is 22.9. The quantitative estimate of drug-likeness (QED) is 0.564. The zero-order valence-electron chi connectivity index (χ0n) is 18.1. The summed E-state index contributed by atoms with van der Waals surface area (Å²) in [7, 11) is 0. The minimum atomic E-state index is -0.826. The standard InChI is InChI=1S/C23H26FN3O4/c1-13-7-14(2)12-26(11-13)23(29)17-6-5-15(3)20(9-17)25-22(28)18-8-19(24)16(4)21(10-18)27(30)31/h5-6,8-10,13-14H,7,11-12H2,1-4H3,(H,25,28). The van der Waals surface area contributed by atoms with E-state index >= 15 is 0 Å². The fourth-order valence-corrected chi connectivity index (χ4v) is 4.08. The Morgan fingerprint density at radius 2 is 1.74 bits per heavy atom. The molecule has 0 aromatic heterocycles. The summed E-state index contributed by atoms with van der Waals surface area (Å²) in [4.78, 5) is 37.9. The molecule has 7 nitrogen and oxygen atoms in total. The monoisotopic (exact) mass is 427 g/mol. The first-order valence-corrected chi connectivity index (χ1v) is 10.2.